The Morgan fingerprint density at radius 3 is 2.76 bits per heavy atom. The molecule has 0 fully saturated rings. The number of carbonyl (C=O) groups is 2. The van der Waals surface area contributed by atoms with Gasteiger partial charge >= 0.3 is 0 Å². The molecule has 1 unspecified atom stereocenters. The molecule has 0 bridgehead atoms. The third-order valence-electron chi connectivity index (χ3n) is 5.89. The van der Waals surface area contributed by atoms with E-state index in [0.717, 1.165) is 34.9 Å². The fraction of sp³-hybridized carbons (Fsp3) is 0.192. The molecule has 0 aliphatic heterocycles. The lowest BCUT2D eigenvalue weighted by atomic mass is 9.88. The number of rotatable bonds is 5. The lowest BCUT2D eigenvalue weighted by Crippen LogP contribution is -2.38. The molecule has 2 aromatic heterocycles. The molecule has 4 aromatic rings. The van der Waals surface area contributed by atoms with Gasteiger partial charge in [-0.1, -0.05) is 24.3 Å². The Bertz CT molecular complexity index is 1350. The lowest BCUT2D eigenvalue weighted by molar-refractivity contribution is 0.0933. The number of thiophene rings is 1. The van der Waals surface area contributed by atoms with E-state index in [9.17, 15) is 9.59 Å². The van der Waals surface area contributed by atoms with Crippen molar-refractivity contribution < 1.29 is 14.3 Å². The van der Waals surface area contributed by atoms with Gasteiger partial charge in [0.2, 0.25) is 0 Å². The standard InChI is InChI=1S/C26H23N3O3S/c1-27-26(31)23-14-20(10-11-28-23)32-19-9-7-16-6-8-18(12-17(16)13-19)29-25(30)22-15-33-24-5-3-2-4-21(22)24/h2-5,7,9-11,13-15,18H,6,8,12H2,1H3,(H,27,31)(H,29,30). The molecule has 0 spiro atoms. The molecule has 33 heavy (non-hydrogen) atoms. The smallest absolute Gasteiger partial charge is 0.269 e. The van der Waals surface area contributed by atoms with E-state index >= 15 is 0 Å². The number of fused-ring (bicyclic) bond motifs is 2. The van der Waals surface area contributed by atoms with Gasteiger partial charge in [0.05, 0.1) is 5.56 Å². The zero-order valence-electron chi connectivity index (χ0n) is 18.1. The van der Waals surface area contributed by atoms with Crippen LogP contribution in [0.3, 0.4) is 0 Å². The van der Waals surface area contributed by atoms with Crippen LogP contribution in [0.5, 0.6) is 11.5 Å². The monoisotopic (exact) mass is 457 g/mol. The fourth-order valence-electron chi connectivity index (χ4n) is 4.20. The number of aromatic nitrogens is 1. The summed E-state index contributed by atoms with van der Waals surface area (Å²) in [7, 11) is 1.57. The molecule has 0 radical (unpaired) electrons. The van der Waals surface area contributed by atoms with Gasteiger partial charge in [-0.25, -0.2) is 0 Å². The van der Waals surface area contributed by atoms with Crippen LogP contribution in [0.1, 0.15) is 38.4 Å². The van der Waals surface area contributed by atoms with E-state index in [1.165, 1.54) is 11.1 Å². The van der Waals surface area contributed by atoms with Crippen LogP contribution in [0, 0.1) is 0 Å². The summed E-state index contributed by atoms with van der Waals surface area (Å²) < 4.78 is 7.12. The number of nitrogens with one attached hydrogen (secondary N) is 2. The highest BCUT2D eigenvalue weighted by Crippen LogP contribution is 2.30. The van der Waals surface area contributed by atoms with Gasteiger partial charge in [0.15, 0.2) is 0 Å². The molecular weight excluding hydrogens is 434 g/mol. The SMILES string of the molecule is CNC(=O)c1cc(Oc2ccc3c(c2)CC(NC(=O)c2csc4ccccc24)CC3)ccn1. The molecule has 7 heteroatoms. The summed E-state index contributed by atoms with van der Waals surface area (Å²) in [5.74, 6) is 0.960. The minimum atomic E-state index is -0.261. The highest BCUT2D eigenvalue weighted by Gasteiger charge is 2.22. The Balaban J connectivity index is 1.29. The molecule has 0 saturated heterocycles. The van der Waals surface area contributed by atoms with Crippen LogP contribution in [0.15, 0.2) is 66.2 Å². The summed E-state index contributed by atoms with van der Waals surface area (Å²) in [6, 6.07) is 17.4. The number of pyridine rings is 1. The third-order valence-corrected chi connectivity index (χ3v) is 6.86. The number of hydrogen-bond acceptors (Lipinski definition) is 5. The minimum Gasteiger partial charge on any atom is -0.457 e. The van der Waals surface area contributed by atoms with E-state index in [1.807, 2.05) is 41.8 Å². The van der Waals surface area contributed by atoms with Crippen LogP contribution in [0.4, 0.5) is 0 Å². The molecule has 1 aliphatic rings. The van der Waals surface area contributed by atoms with Gasteiger partial charge in [0.25, 0.3) is 11.8 Å². The second-order valence-electron chi connectivity index (χ2n) is 8.05. The zero-order valence-corrected chi connectivity index (χ0v) is 18.9. The number of ether oxygens (including phenoxy) is 1. The van der Waals surface area contributed by atoms with Crippen LogP contribution >= 0.6 is 11.3 Å². The second-order valence-corrected chi connectivity index (χ2v) is 8.96. The van der Waals surface area contributed by atoms with Crippen molar-refractivity contribution in [1.29, 1.82) is 0 Å². The molecule has 2 amide bonds. The Labute approximate surface area is 195 Å². The highest BCUT2D eigenvalue weighted by atomic mass is 32.1. The molecule has 2 N–H and O–H groups in total. The first-order valence-corrected chi connectivity index (χ1v) is 11.7. The summed E-state index contributed by atoms with van der Waals surface area (Å²) in [5.41, 5.74) is 3.48. The summed E-state index contributed by atoms with van der Waals surface area (Å²) in [6.45, 7) is 0. The van der Waals surface area contributed by atoms with Crippen molar-refractivity contribution in [3.05, 3.63) is 88.6 Å². The number of hydrogen-bond donors (Lipinski definition) is 2. The molecule has 2 aromatic carbocycles. The van der Waals surface area contributed by atoms with Gasteiger partial charge in [-0.3, -0.25) is 14.6 Å². The molecule has 1 aliphatic carbocycles. The molecule has 5 rings (SSSR count). The fourth-order valence-corrected chi connectivity index (χ4v) is 5.14. The van der Waals surface area contributed by atoms with Crippen molar-refractivity contribution in [1.82, 2.24) is 15.6 Å². The zero-order chi connectivity index (χ0) is 22.8. The van der Waals surface area contributed by atoms with Crippen LogP contribution < -0.4 is 15.4 Å². The predicted molar refractivity (Wildman–Crippen MR) is 129 cm³/mol. The number of amides is 2. The van der Waals surface area contributed by atoms with Crippen LogP contribution in [-0.4, -0.2) is 29.9 Å². The van der Waals surface area contributed by atoms with E-state index in [0.29, 0.717) is 17.2 Å². The molecule has 0 saturated carbocycles. The Morgan fingerprint density at radius 2 is 1.88 bits per heavy atom. The number of benzene rings is 2. The predicted octanol–water partition coefficient (Wildman–Crippen LogP) is 4.74. The van der Waals surface area contributed by atoms with E-state index in [4.69, 9.17) is 4.74 Å². The summed E-state index contributed by atoms with van der Waals surface area (Å²) in [5, 5.41) is 8.72. The molecular formula is C26H23N3O3S. The number of carbonyl (C=O) groups excluding carboxylic acids is 2. The highest BCUT2D eigenvalue weighted by molar-refractivity contribution is 7.17. The van der Waals surface area contributed by atoms with E-state index in [1.54, 1.807) is 36.7 Å². The second kappa shape index (κ2) is 9.03. The van der Waals surface area contributed by atoms with Crippen molar-refractivity contribution in [2.24, 2.45) is 0 Å². The number of aryl methyl sites for hydroxylation is 1. The molecule has 166 valence electrons. The molecule has 1 atom stereocenters. The maximum atomic E-state index is 13.0. The maximum Gasteiger partial charge on any atom is 0.269 e. The number of nitrogens with zero attached hydrogens (tertiary/aromatic N) is 1. The van der Waals surface area contributed by atoms with Gasteiger partial charge in [0, 0.05) is 40.8 Å². The first kappa shape index (κ1) is 21.2. The van der Waals surface area contributed by atoms with E-state index in [-0.39, 0.29) is 17.9 Å². The third kappa shape index (κ3) is 4.45. The Kier molecular flexibility index (Phi) is 5.79. The first-order valence-electron chi connectivity index (χ1n) is 10.9. The topological polar surface area (TPSA) is 80.3 Å². The van der Waals surface area contributed by atoms with Gasteiger partial charge in [-0.2, -0.15) is 0 Å². The summed E-state index contributed by atoms with van der Waals surface area (Å²) in [4.78, 5) is 28.8. The Morgan fingerprint density at radius 1 is 1.03 bits per heavy atom. The van der Waals surface area contributed by atoms with Crippen LogP contribution in [0.2, 0.25) is 0 Å². The maximum absolute atomic E-state index is 13.0. The average Bonchev–Trinajstić information content (AvgIpc) is 3.28. The Hall–Kier alpha value is -3.71. The van der Waals surface area contributed by atoms with E-state index < -0.39 is 0 Å². The first-order chi connectivity index (χ1) is 16.1. The molecule has 6 nitrogen and oxygen atoms in total. The van der Waals surface area contributed by atoms with Crippen LogP contribution in [-0.2, 0) is 12.8 Å². The summed E-state index contributed by atoms with van der Waals surface area (Å²) >= 11 is 1.59. The van der Waals surface area contributed by atoms with E-state index in [2.05, 4.69) is 21.7 Å². The summed E-state index contributed by atoms with van der Waals surface area (Å²) in [6.07, 6.45) is 4.11. The van der Waals surface area contributed by atoms with Crippen molar-refractivity contribution in [3.8, 4) is 11.5 Å². The largest absolute Gasteiger partial charge is 0.457 e. The van der Waals surface area contributed by atoms with Crippen LogP contribution in [0.25, 0.3) is 10.1 Å². The normalized spacial score (nSPS) is 15.0. The lowest BCUT2D eigenvalue weighted by Gasteiger charge is -2.26. The minimum absolute atomic E-state index is 0.0215. The van der Waals surface area contributed by atoms with Crippen molar-refractivity contribution in [2.45, 2.75) is 25.3 Å². The van der Waals surface area contributed by atoms with Gasteiger partial charge in [0.1, 0.15) is 17.2 Å². The van der Waals surface area contributed by atoms with Crippen molar-refractivity contribution in [2.75, 3.05) is 7.05 Å². The quantitative estimate of drug-likeness (QED) is 0.454. The van der Waals surface area contributed by atoms with Crippen molar-refractivity contribution in [3.63, 3.8) is 0 Å². The van der Waals surface area contributed by atoms with Gasteiger partial charge in [-0.05, 0) is 54.7 Å². The molecule has 2 heterocycles. The van der Waals surface area contributed by atoms with Gasteiger partial charge in [-0.15, -0.1) is 11.3 Å². The average molecular weight is 458 g/mol. The van der Waals surface area contributed by atoms with Gasteiger partial charge < -0.3 is 15.4 Å². The van der Waals surface area contributed by atoms with Crippen molar-refractivity contribution >= 4 is 33.2 Å².